The zero-order valence-electron chi connectivity index (χ0n) is 12.8. The molecule has 0 aliphatic carbocycles. The summed E-state index contributed by atoms with van der Waals surface area (Å²) in [5, 5.41) is 4.77. The third-order valence-electron chi connectivity index (χ3n) is 3.28. The van der Waals surface area contributed by atoms with Gasteiger partial charge in [0, 0.05) is 17.4 Å². The second-order valence-corrected chi connectivity index (χ2v) is 5.46. The van der Waals surface area contributed by atoms with E-state index in [0.717, 1.165) is 11.3 Å². The van der Waals surface area contributed by atoms with Crippen molar-refractivity contribution in [2.45, 2.75) is 6.61 Å². The predicted octanol–water partition coefficient (Wildman–Crippen LogP) is 3.65. The van der Waals surface area contributed by atoms with Crippen molar-refractivity contribution in [3.05, 3.63) is 77.6 Å². The van der Waals surface area contributed by atoms with Gasteiger partial charge in [-0.2, -0.15) is 5.10 Å². The summed E-state index contributed by atoms with van der Waals surface area (Å²) in [6, 6.07) is 16.3. The number of hydrogen-bond donors (Lipinski definition) is 0. The van der Waals surface area contributed by atoms with Crippen LogP contribution in [0.5, 0.6) is 5.75 Å². The molecule has 0 amide bonds. The summed E-state index contributed by atoms with van der Waals surface area (Å²) in [7, 11) is 0. The number of benzene rings is 2. The summed E-state index contributed by atoms with van der Waals surface area (Å²) < 4.78 is 12.3. The maximum atomic E-state index is 11.7. The summed E-state index contributed by atoms with van der Waals surface area (Å²) in [5.74, 6) is 0.140. The number of aromatic nitrogens is 2. The summed E-state index contributed by atoms with van der Waals surface area (Å²) in [6.07, 6.45) is 3.58. The number of esters is 1. The van der Waals surface area contributed by atoms with E-state index >= 15 is 0 Å². The first kappa shape index (κ1) is 16.1. The lowest BCUT2D eigenvalue weighted by atomic mass is 10.2. The SMILES string of the molecule is O=C(COc1ccc(Cl)cc1)OCc1ccc(-n2cccn2)cc1. The molecule has 0 fully saturated rings. The largest absolute Gasteiger partial charge is 0.482 e. The molecule has 0 saturated heterocycles. The van der Waals surface area contributed by atoms with Crippen LogP contribution in [-0.2, 0) is 16.1 Å². The van der Waals surface area contributed by atoms with E-state index in [1.54, 1.807) is 35.1 Å². The van der Waals surface area contributed by atoms with Crippen LogP contribution in [0.1, 0.15) is 5.56 Å². The standard InChI is InChI=1S/C18H15ClN2O3/c19-15-4-8-17(9-5-15)23-13-18(22)24-12-14-2-6-16(7-3-14)21-11-1-10-20-21/h1-11H,12-13H2. The highest BCUT2D eigenvalue weighted by atomic mass is 35.5. The Hall–Kier alpha value is -2.79. The van der Waals surface area contributed by atoms with Crippen LogP contribution in [-0.4, -0.2) is 22.4 Å². The van der Waals surface area contributed by atoms with Gasteiger partial charge in [0.15, 0.2) is 6.61 Å². The van der Waals surface area contributed by atoms with Gasteiger partial charge in [0.2, 0.25) is 0 Å². The highest BCUT2D eigenvalue weighted by molar-refractivity contribution is 6.30. The van der Waals surface area contributed by atoms with E-state index in [2.05, 4.69) is 5.10 Å². The molecular weight excluding hydrogens is 328 g/mol. The average molecular weight is 343 g/mol. The summed E-state index contributed by atoms with van der Waals surface area (Å²) >= 11 is 5.78. The van der Waals surface area contributed by atoms with Gasteiger partial charge in [0.05, 0.1) is 5.69 Å². The van der Waals surface area contributed by atoms with Crippen molar-refractivity contribution in [3.8, 4) is 11.4 Å². The van der Waals surface area contributed by atoms with Crippen LogP contribution < -0.4 is 4.74 Å². The maximum Gasteiger partial charge on any atom is 0.344 e. The molecule has 0 N–H and O–H groups in total. The molecule has 122 valence electrons. The molecular formula is C18H15ClN2O3. The van der Waals surface area contributed by atoms with Gasteiger partial charge in [-0.05, 0) is 48.0 Å². The van der Waals surface area contributed by atoms with Crippen LogP contribution in [0.3, 0.4) is 0 Å². The first-order chi connectivity index (χ1) is 11.7. The van der Waals surface area contributed by atoms with Crippen LogP contribution in [0, 0.1) is 0 Å². The van der Waals surface area contributed by atoms with Gasteiger partial charge in [-0.3, -0.25) is 0 Å². The fraction of sp³-hybridized carbons (Fsp3) is 0.111. The lowest BCUT2D eigenvalue weighted by Crippen LogP contribution is -2.14. The molecule has 2 aromatic carbocycles. The minimum absolute atomic E-state index is 0.146. The van der Waals surface area contributed by atoms with Crippen molar-refractivity contribution in [1.82, 2.24) is 9.78 Å². The Morgan fingerprint density at radius 3 is 2.50 bits per heavy atom. The monoisotopic (exact) mass is 342 g/mol. The van der Waals surface area contributed by atoms with Crippen LogP contribution in [0.25, 0.3) is 5.69 Å². The Kier molecular flexibility index (Phi) is 5.13. The molecule has 6 heteroatoms. The van der Waals surface area contributed by atoms with E-state index in [9.17, 15) is 4.79 Å². The van der Waals surface area contributed by atoms with Gasteiger partial charge < -0.3 is 9.47 Å². The maximum absolute atomic E-state index is 11.7. The molecule has 0 saturated carbocycles. The fourth-order valence-electron chi connectivity index (χ4n) is 2.05. The van der Waals surface area contributed by atoms with Crippen molar-refractivity contribution in [2.24, 2.45) is 0 Å². The molecule has 3 aromatic rings. The summed E-state index contributed by atoms with van der Waals surface area (Å²) in [4.78, 5) is 11.7. The van der Waals surface area contributed by atoms with Gasteiger partial charge in [0.1, 0.15) is 12.4 Å². The van der Waals surface area contributed by atoms with Crippen molar-refractivity contribution in [3.63, 3.8) is 0 Å². The van der Waals surface area contributed by atoms with Gasteiger partial charge >= 0.3 is 5.97 Å². The third kappa shape index (κ3) is 4.36. The van der Waals surface area contributed by atoms with Gasteiger partial charge in [-0.25, -0.2) is 9.48 Å². The molecule has 0 bridgehead atoms. The molecule has 0 radical (unpaired) electrons. The second kappa shape index (κ2) is 7.66. The van der Waals surface area contributed by atoms with Crippen molar-refractivity contribution >= 4 is 17.6 Å². The van der Waals surface area contributed by atoms with Crippen molar-refractivity contribution in [2.75, 3.05) is 6.61 Å². The molecule has 3 rings (SSSR count). The predicted molar refractivity (Wildman–Crippen MR) is 90.3 cm³/mol. The topological polar surface area (TPSA) is 53.4 Å². The number of hydrogen-bond acceptors (Lipinski definition) is 4. The zero-order chi connectivity index (χ0) is 16.8. The van der Waals surface area contributed by atoms with Crippen molar-refractivity contribution < 1.29 is 14.3 Å². The Morgan fingerprint density at radius 2 is 1.83 bits per heavy atom. The minimum atomic E-state index is -0.430. The number of rotatable bonds is 6. The highest BCUT2D eigenvalue weighted by Gasteiger charge is 2.05. The smallest absolute Gasteiger partial charge is 0.344 e. The summed E-state index contributed by atoms with van der Waals surface area (Å²) in [5.41, 5.74) is 1.84. The molecule has 0 aliphatic rings. The summed E-state index contributed by atoms with van der Waals surface area (Å²) in [6.45, 7) is 0.0508. The van der Waals surface area contributed by atoms with Crippen molar-refractivity contribution in [1.29, 1.82) is 0 Å². The van der Waals surface area contributed by atoms with E-state index < -0.39 is 5.97 Å². The van der Waals surface area contributed by atoms with Crippen LogP contribution in [0.4, 0.5) is 0 Å². The normalized spacial score (nSPS) is 10.4. The van der Waals surface area contributed by atoms with Gasteiger partial charge in [-0.15, -0.1) is 0 Å². The molecule has 24 heavy (non-hydrogen) atoms. The Balaban J connectivity index is 1.46. The third-order valence-corrected chi connectivity index (χ3v) is 3.53. The van der Waals surface area contributed by atoms with Gasteiger partial charge in [-0.1, -0.05) is 23.7 Å². The van der Waals surface area contributed by atoms with E-state index in [-0.39, 0.29) is 13.2 Å². The highest BCUT2D eigenvalue weighted by Crippen LogP contribution is 2.15. The Morgan fingerprint density at radius 1 is 1.08 bits per heavy atom. The van der Waals surface area contributed by atoms with E-state index in [1.165, 1.54) is 0 Å². The average Bonchev–Trinajstić information content (AvgIpc) is 3.14. The number of carbonyl (C=O) groups is 1. The molecule has 5 nitrogen and oxygen atoms in total. The van der Waals surface area contributed by atoms with E-state index in [0.29, 0.717) is 10.8 Å². The van der Waals surface area contributed by atoms with Crippen LogP contribution in [0.2, 0.25) is 5.02 Å². The lowest BCUT2D eigenvalue weighted by molar-refractivity contribution is -0.147. The number of carbonyl (C=O) groups excluding carboxylic acids is 1. The van der Waals surface area contributed by atoms with E-state index in [1.807, 2.05) is 36.5 Å². The quantitative estimate of drug-likeness (QED) is 0.642. The molecule has 0 aliphatic heterocycles. The van der Waals surface area contributed by atoms with Crippen LogP contribution in [0.15, 0.2) is 67.0 Å². The zero-order valence-corrected chi connectivity index (χ0v) is 13.5. The number of ether oxygens (including phenoxy) is 2. The molecule has 1 aromatic heterocycles. The van der Waals surface area contributed by atoms with Crippen LogP contribution >= 0.6 is 11.6 Å². The number of halogens is 1. The first-order valence-corrected chi connectivity index (χ1v) is 7.71. The first-order valence-electron chi connectivity index (χ1n) is 7.34. The lowest BCUT2D eigenvalue weighted by Gasteiger charge is -2.08. The molecule has 0 spiro atoms. The Bertz CT molecular complexity index is 784. The second-order valence-electron chi connectivity index (χ2n) is 5.02. The fourth-order valence-corrected chi connectivity index (χ4v) is 2.17. The minimum Gasteiger partial charge on any atom is -0.482 e. The number of nitrogens with zero attached hydrogens (tertiary/aromatic N) is 2. The molecule has 0 unspecified atom stereocenters. The Labute approximate surface area is 144 Å². The van der Waals surface area contributed by atoms with Gasteiger partial charge in [0.25, 0.3) is 0 Å². The molecule has 0 atom stereocenters. The van der Waals surface area contributed by atoms with E-state index in [4.69, 9.17) is 21.1 Å². The molecule has 1 heterocycles.